The minimum atomic E-state index is -0.287. The highest BCUT2D eigenvalue weighted by molar-refractivity contribution is 5.76. The van der Waals surface area contributed by atoms with Gasteiger partial charge in [-0.2, -0.15) is 5.26 Å². The molecular formula is C17H30N4O. The van der Waals surface area contributed by atoms with Crippen LogP contribution in [0.4, 0.5) is 0 Å². The quantitative estimate of drug-likeness (QED) is 0.810. The van der Waals surface area contributed by atoms with E-state index in [2.05, 4.69) is 28.1 Å². The Balaban J connectivity index is 1.67. The predicted octanol–water partition coefficient (Wildman–Crippen LogP) is 1.60. The third-order valence-electron chi connectivity index (χ3n) is 5.14. The van der Waals surface area contributed by atoms with Crippen molar-refractivity contribution >= 4 is 5.91 Å². The summed E-state index contributed by atoms with van der Waals surface area (Å²) in [6, 6.07) is 2.01. The molecule has 0 bridgehead atoms. The molecule has 124 valence electrons. The van der Waals surface area contributed by atoms with Crippen LogP contribution in [0, 0.1) is 17.2 Å². The van der Waals surface area contributed by atoms with E-state index >= 15 is 0 Å². The highest BCUT2D eigenvalue weighted by Gasteiger charge is 2.25. The SMILES string of the molecule is CCN1CCN(CCC(=O)N[C@@H](C#N)C2CCCCC2)CC1. The first kappa shape index (κ1) is 17.2. The molecular weight excluding hydrogens is 276 g/mol. The highest BCUT2D eigenvalue weighted by Crippen LogP contribution is 2.26. The second-order valence-electron chi connectivity index (χ2n) is 6.60. The number of amides is 1. The molecule has 0 aromatic rings. The average Bonchev–Trinajstić information content (AvgIpc) is 2.59. The van der Waals surface area contributed by atoms with Crippen LogP contribution in [-0.4, -0.2) is 61.0 Å². The monoisotopic (exact) mass is 306 g/mol. The lowest BCUT2D eigenvalue weighted by Crippen LogP contribution is -2.47. The van der Waals surface area contributed by atoms with Gasteiger partial charge in [0, 0.05) is 39.1 Å². The summed E-state index contributed by atoms with van der Waals surface area (Å²) < 4.78 is 0. The Morgan fingerprint density at radius 2 is 1.82 bits per heavy atom. The van der Waals surface area contributed by atoms with Crippen LogP contribution in [0.3, 0.4) is 0 Å². The van der Waals surface area contributed by atoms with Crippen molar-refractivity contribution in [2.75, 3.05) is 39.3 Å². The lowest BCUT2D eigenvalue weighted by atomic mass is 9.84. The molecule has 1 aliphatic heterocycles. The van der Waals surface area contributed by atoms with Gasteiger partial charge in [-0.3, -0.25) is 4.79 Å². The largest absolute Gasteiger partial charge is 0.340 e. The van der Waals surface area contributed by atoms with E-state index in [4.69, 9.17) is 0 Å². The summed E-state index contributed by atoms with van der Waals surface area (Å²) in [5.74, 6) is 0.394. The van der Waals surface area contributed by atoms with E-state index in [0.717, 1.165) is 52.1 Å². The number of carbonyl (C=O) groups is 1. The molecule has 1 saturated heterocycles. The fourth-order valence-electron chi connectivity index (χ4n) is 3.56. The van der Waals surface area contributed by atoms with Crippen molar-refractivity contribution in [3.05, 3.63) is 0 Å². The van der Waals surface area contributed by atoms with E-state index in [9.17, 15) is 10.1 Å². The van der Waals surface area contributed by atoms with Gasteiger partial charge in [0.1, 0.15) is 6.04 Å². The molecule has 2 rings (SSSR count). The van der Waals surface area contributed by atoms with Gasteiger partial charge in [0.2, 0.25) is 5.91 Å². The van der Waals surface area contributed by atoms with Crippen LogP contribution in [0.5, 0.6) is 0 Å². The molecule has 1 atom stereocenters. The zero-order valence-corrected chi connectivity index (χ0v) is 13.9. The molecule has 22 heavy (non-hydrogen) atoms. The van der Waals surface area contributed by atoms with Gasteiger partial charge in [-0.05, 0) is 25.3 Å². The van der Waals surface area contributed by atoms with E-state index in [-0.39, 0.29) is 11.9 Å². The predicted molar refractivity (Wildman–Crippen MR) is 87.3 cm³/mol. The van der Waals surface area contributed by atoms with Crippen molar-refractivity contribution in [2.24, 2.45) is 5.92 Å². The Hall–Kier alpha value is -1.12. The van der Waals surface area contributed by atoms with Crippen LogP contribution >= 0.6 is 0 Å². The van der Waals surface area contributed by atoms with Crippen LogP contribution in [0.1, 0.15) is 45.4 Å². The van der Waals surface area contributed by atoms with Gasteiger partial charge in [0.15, 0.2) is 0 Å². The summed E-state index contributed by atoms with van der Waals surface area (Å²) in [5, 5.41) is 12.3. The summed E-state index contributed by atoms with van der Waals surface area (Å²) in [5.41, 5.74) is 0. The van der Waals surface area contributed by atoms with Gasteiger partial charge in [-0.15, -0.1) is 0 Å². The maximum Gasteiger partial charge on any atom is 0.222 e. The van der Waals surface area contributed by atoms with Gasteiger partial charge in [0.05, 0.1) is 6.07 Å². The molecule has 2 fully saturated rings. The maximum absolute atomic E-state index is 12.1. The van der Waals surface area contributed by atoms with E-state index in [1.54, 1.807) is 0 Å². The summed E-state index contributed by atoms with van der Waals surface area (Å²) >= 11 is 0. The molecule has 0 aromatic heterocycles. The van der Waals surface area contributed by atoms with E-state index in [1.165, 1.54) is 19.3 Å². The summed E-state index contributed by atoms with van der Waals surface area (Å²) in [6.45, 7) is 8.40. The maximum atomic E-state index is 12.1. The summed E-state index contributed by atoms with van der Waals surface area (Å²) in [4.78, 5) is 16.9. The Labute approximate surface area is 134 Å². The Morgan fingerprint density at radius 1 is 1.18 bits per heavy atom. The zero-order chi connectivity index (χ0) is 15.8. The van der Waals surface area contributed by atoms with Crippen LogP contribution in [0.2, 0.25) is 0 Å². The van der Waals surface area contributed by atoms with E-state index < -0.39 is 0 Å². The fraction of sp³-hybridized carbons (Fsp3) is 0.882. The molecule has 2 aliphatic rings. The molecule has 0 radical (unpaired) electrons. The molecule has 1 amide bonds. The number of carbonyl (C=O) groups excluding carboxylic acids is 1. The zero-order valence-electron chi connectivity index (χ0n) is 13.9. The fourth-order valence-corrected chi connectivity index (χ4v) is 3.56. The molecule has 1 saturated carbocycles. The molecule has 1 N–H and O–H groups in total. The van der Waals surface area contributed by atoms with Gasteiger partial charge in [0.25, 0.3) is 0 Å². The van der Waals surface area contributed by atoms with E-state index in [0.29, 0.717) is 12.3 Å². The highest BCUT2D eigenvalue weighted by atomic mass is 16.1. The topological polar surface area (TPSA) is 59.4 Å². The number of likely N-dealkylation sites (N-methyl/N-ethyl adjacent to an activating group) is 1. The van der Waals surface area contributed by atoms with Gasteiger partial charge >= 0.3 is 0 Å². The van der Waals surface area contributed by atoms with Crippen molar-refractivity contribution in [2.45, 2.75) is 51.5 Å². The summed E-state index contributed by atoms with van der Waals surface area (Å²) in [6.07, 6.45) is 6.33. The second kappa shape index (κ2) is 9.12. The number of rotatable bonds is 6. The number of piperazine rings is 1. The van der Waals surface area contributed by atoms with Gasteiger partial charge in [-0.1, -0.05) is 26.2 Å². The number of nitrogens with one attached hydrogen (secondary N) is 1. The van der Waals surface area contributed by atoms with Crippen LogP contribution < -0.4 is 5.32 Å². The first-order chi connectivity index (χ1) is 10.7. The first-order valence-electron chi connectivity index (χ1n) is 8.86. The summed E-state index contributed by atoms with van der Waals surface area (Å²) in [7, 11) is 0. The molecule has 0 unspecified atom stereocenters. The lowest BCUT2D eigenvalue weighted by Gasteiger charge is -2.34. The van der Waals surface area contributed by atoms with E-state index in [1.807, 2.05) is 0 Å². The van der Waals surface area contributed by atoms with Crippen LogP contribution in [0.25, 0.3) is 0 Å². The minimum absolute atomic E-state index is 0.0371. The van der Waals surface area contributed by atoms with Gasteiger partial charge in [-0.25, -0.2) is 0 Å². The van der Waals surface area contributed by atoms with Crippen molar-refractivity contribution in [1.82, 2.24) is 15.1 Å². The van der Waals surface area contributed by atoms with Crippen LogP contribution in [0.15, 0.2) is 0 Å². The molecule has 5 nitrogen and oxygen atoms in total. The molecule has 1 heterocycles. The number of nitriles is 1. The number of hydrogen-bond donors (Lipinski definition) is 1. The molecule has 0 aromatic carbocycles. The third-order valence-corrected chi connectivity index (χ3v) is 5.14. The number of nitrogens with zero attached hydrogens (tertiary/aromatic N) is 3. The van der Waals surface area contributed by atoms with Crippen molar-refractivity contribution < 1.29 is 4.79 Å². The molecule has 5 heteroatoms. The standard InChI is InChI=1S/C17H30N4O/c1-2-20-10-12-21(13-11-20)9-8-17(22)19-16(14-18)15-6-4-3-5-7-15/h15-16H,2-13H2,1H3,(H,19,22)/t16-/m0/s1. The first-order valence-corrected chi connectivity index (χ1v) is 8.86. The second-order valence-corrected chi connectivity index (χ2v) is 6.60. The van der Waals surface area contributed by atoms with Crippen molar-refractivity contribution in [3.63, 3.8) is 0 Å². The molecule has 0 spiro atoms. The Bertz CT molecular complexity index is 379. The lowest BCUT2D eigenvalue weighted by molar-refractivity contribution is -0.122. The van der Waals surface area contributed by atoms with Crippen molar-refractivity contribution in [3.8, 4) is 6.07 Å². The molecule has 1 aliphatic carbocycles. The third kappa shape index (κ3) is 5.26. The number of hydrogen-bond acceptors (Lipinski definition) is 4. The minimum Gasteiger partial charge on any atom is -0.340 e. The van der Waals surface area contributed by atoms with Gasteiger partial charge < -0.3 is 15.1 Å². The van der Waals surface area contributed by atoms with Crippen molar-refractivity contribution in [1.29, 1.82) is 5.26 Å². The Kier molecular flexibility index (Phi) is 7.14. The Morgan fingerprint density at radius 3 is 2.41 bits per heavy atom. The van der Waals surface area contributed by atoms with Crippen LogP contribution in [-0.2, 0) is 4.79 Å². The smallest absolute Gasteiger partial charge is 0.222 e. The average molecular weight is 306 g/mol. The normalized spacial score (nSPS) is 22.9.